The van der Waals surface area contributed by atoms with E-state index < -0.39 is 0 Å². The van der Waals surface area contributed by atoms with E-state index in [0.717, 1.165) is 42.8 Å². The molecule has 0 radical (unpaired) electrons. The second-order valence-electron chi connectivity index (χ2n) is 5.55. The van der Waals surface area contributed by atoms with Gasteiger partial charge < -0.3 is 10.2 Å². The molecule has 112 valence electrons. The average Bonchev–Trinajstić information content (AvgIpc) is 2.43. The van der Waals surface area contributed by atoms with Crippen LogP contribution in [-0.2, 0) is 6.54 Å². The summed E-state index contributed by atoms with van der Waals surface area (Å²) in [7, 11) is 2.17. The lowest BCUT2D eigenvalue weighted by molar-refractivity contribution is 0.118. The van der Waals surface area contributed by atoms with Crippen LogP contribution in [0, 0.1) is 5.82 Å². The van der Waals surface area contributed by atoms with Crippen LogP contribution in [0.4, 0.5) is 4.39 Å². The van der Waals surface area contributed by atoms with Crippen LogP contribution in [0.2, 0.25) is 0 Å². The van der Waals surface area contributed by atoms with Crippen molar-refractivity contribution in [3.8, 4) is 0 Å². The van der Waals surface area contributed by atoms with Crippen LogP contribution in [0.15, 0.2) is 22.7 Å². The summed E-state index contributed by atoms with van der Waals surface area (Å²) in [4.78, 5) is 4.87. The van der Waals surface area contributed by atoms with Gasteiger partial charge >= 0.3 is 0 Å². The fourth-order valence-corrected chi connectivity index (χ4v) is 2.87. The van der Waals surface area contributed by atoms with E-state index in [0.29, 0.717) is 12.6 Å². The first-order chi connectivity index (χ1) is 9.56. The van der Waals surface area contributed by atoms with Crippen LogP contribution in [0.25, 0.3) is 0 Å². The molecule has 0 bridgehead atoms. The minimum absolute atomic E-state index is 0.183. The number of nitrogens with zero attached hydrogens (tertiary/aromatic N) is 2. The molecule has 2 rings (SSSR count). The number of likely N-dealkylation sites (N-methyl/N-ethyl adjacent to an activating group) is 1. The summed E-state index contributed by atoms with van der Waals surface area (Å²) in [6, 6.07) is 5.32. The Balaban J connectivity index is 1.76. The van der Waals surface area contributed by atoms with Gasteiger partial charge in [0.25, 0.3) is 0 Å². The third-order valence-electron chi connectivity index (χ3n) is 3.92. The summed E-state index contributed by atoms with van der Waals surface area (Å²) in [5.74, 6) is -0.183. The van der Waals surface area contributed by atoms with Gasteiger partial charge in [0.15, 0.2) is 0 Å². The zero-order valence-corrected chi connectivity index (χ0v) is 13.8. The van der Waals surface area contributed by atoms with E-state index in [1.54, 1.807) is 12.1 Å². The predicted octanol–water partition coefficient (Wildman–Crippen LogP) is 2.31. The highest BCUT2D eigenvalue weighted by Crippen LogP contribution is 2.17. The first-order valence-corrected chi connectivity index (χ1v) is 7.93. The highest BCUT2D eigenvalue weighted by atomic mass is 79.9. The molecular weight excluding hydrogens is 321 g/mol. The Hall–Kier alpha value is -0.490. The van der Waals surface area contributed by atoms with Crippen LogP contribution < -0.4 is 5.32 Å². The van der Waals surface area contributed by atoms with Crippen molar-refractivity contribution in [3.05, 3.63) is 34.1 Å². The largest absolute Gasteiger partial charge is 0.311 e. The van der Waals surface area contributed by atoms with Crippen molar-refractivity contribution in [2.24, 2.45) is 0 Å². The molecule has 1 saturated heterocycles. The molecule has 1 heterocycles. The molecule has 0 unspecified atom stereocenters. The third-order valence-corrected chi connectivity index (χ3v) is 4.70. The van der Waals surface area contributed by atoms with Crippen molar-refractivity contribution in [1.82, 2.24) is 15.1 Å². The van der Waals surface area contributed by atoms with Crippen molar-refractivity contribution in [2.75, 3.05) is 39.8 Å². The summed E-state index contributed by atoms with van der Waals surface area (Å²) in [5.41, 5.74) is 0.968. The van der Waals surface area contributed by atoms with E-state index >= 15 is 0 Å². The number of hydrogen-bond acceptors (Lipinski definition) is 3. The molecule has 0 saturated carbocycles. The zero-order chi connectivity index (χ0) is 14.5. The molecule has 1 N–H and O–H groups in total. The normalized spacial score (nSPS) is 19.2. The van der Waals surface area contributed by atoms with Crippen LogP contribution in [0.5, 0.6) is 0 Å². The van der Waals surface area contributed by atoms with E-state index in [9.17, 15) is 4.39 Å². The quantitative estimate of drug-likeness (QED) is 0.885. The van der Waals surface area contributed by atoms with Gasteiger partial charge in [-0.1, -0.05) is 15.9 Å². The Labute approximate surface area is 129 Å². The number of piperazine rings is 1. The van der Waals surface area contributed by atoms with Gasteiger partial charge in [0.05, 0.1) is 0 Å². The van der Waals surface area contributed by atoms with E-state index in [1.807, 2.05) is 0 Å². The summed E-state index contributed by atoms with van der Waals surface area (Å²) < 4.78 is 14.2. The summed E-state index contributed by atoms with van der Waals surface area (Å²) in [6.45, 7) is 8.40. The Bertz CT molecular complexity index is 433. The molecule has 1 aromatic rings. The Morgan fingerprint density at radius 1 is 1.30 bits per heavy atom. The molecule has 1 aliphatic heterocycles. The Kier molecular flexibility index (Phi) is 5.96. The number of nitrogens with one attached hydrogen (secondary N) is 1. The van der Waals surface area contributed by atoms with E-state index in [1.165, 1.54) is 6.07 Å². The SMILES string of the molecule is C[C@@H](CNCc1cc(F)ccc1Br)N1CCN(C)CC1. The molecular formula is C15H23BrFN3. The van der Waals surface area contributed by atoms with Crippen molar-refractivity contribution in [2.45, 2.75) is 19.5 Å². The predicted molar refractivity (Wildman–Crippen MR) is 84.3 cm³/mol. The number of rotatable bonds is 5. The fourth-order valence-electron chi connectivity index (χ4n) is 2.49. The van der Waals surface area contributed by atoms with Gasteiger partial charge in [0, 0.05) is 49.8 Å². The summed E-state index contributed by atoms with van der Waals surface area (Å²) in [6.07, 6.45) is 0. The lowest BCUT2D eigenvalue weighted by Gasteiger charge is -2.36. The van der Waals surface area contributed by atoms with Crippen molar-refractivity contribution in [1.29, 1.82) is 0 Å². The van der Waals surface area contributed by atoms with Gasteiger partial charge in [0.2, 0.25) is 0 Å². The fraction of sp³-hybridized carbons (Fsp3) is 0.600. The molecule has 20 heavy (non-hydrogen) atoms. The minimum Gasteiger partial charge on any atom is -0.311 e. The first-order valence-electron chi connectivity index (χ1n) is 7.13. The minimum atomic E-state index is -0.183. The number of benzene rings is 1. The second-order valence-corrected chi connectivity index (χ2v) is 6.41. The molecule has 0 aromatic heterocycles. The Morgan fingerprint density at radius 3 is 2.70 bits per heavy atom. The van der Waals surface area contributed by atoms with Crippen LogP contribution in [-0.4, -0.2) is 55.6 Å². The highest BCUT2D eigenvalue weighted by molar-refractivity contribution is 9.10. The smallest absolute Gasteiger partial charge is 0.123 e. The molecule has 0 spiro atoms. The maximum Gasteiger partial charge on any atom is 0.123 e. The highest BCUT2D eigenvalue weighted by Gasteiger charge is 2.18. The molecule has 3 nitrogen and oxygen atoms in total. The first kappa shape index (κ1) is 15.9. The standard InChI is InChI=1S/C15H23BrFN3/c1-12(20-7-5-19(2)6-8-20)10-18-11-13-9-14(17)3-4-15(13)16/h3-4,9,12,18H,5-8,10-11H2,1-2H3/t12-/m0/s1. The molecule has 1 atom stereocenters. The van der Waals surface area contributed by atoms with E-state index in [4.69, 9.17) is 0 Å². The van der Waals surface area contributed by atoms with E-state index in [-0.39, 0.29) is 5.82 Å². The number of hydrogen-bond donors (Lipinski definition) is 1. The van der Waals surface area contributed by atoms with Gasteiger partial charge in [0.1, 0.15) is 5.82 Å². The molecule has 1 aliphatic rings. The lowest BCUT2D eigenvalue weighted by Crippen LogP contribution is -2.50. The number of halogens is 2. The molecule has 1 fully saturated rings. The topological polar surface area (TPSA) is 18.5 Å². The monoisotopic (exact) mass is 343 g/mol. The van der Waals surface area contributed by atoms with Gasteiger partial charge in [-0.25, -0.2) is 4.39 Å². The molecule has 0 aliphatic carbocycles. The van der Waals surface area contributed by atoms with Crippen molar-refractivity contribution < 1.29 is 4.39 Å². The lowest BCUT2D eigenvalue weighted by atomic mass is 10.2. The summed E-state index contributed by atoms with van der Waals surface area (Å²) in [5, 5.41) is 3.43. The van der Waals surface area contributed by atoms with Crippen molar-refractivity contribution in [3.63, 3.8) is 0 Å². The van der Waals surface area contributed by atoms with Gasteiger partial charge in [-0.05, 0) is 37.7 Å². The van der Waals surface area contributed by atoms with E-state index in [2.05, 4.69) is 45.0 Å². The average molecular weight is 344 g/mol. The van der Waals surface area contributed by atoms with Gasteiger partial charge in [-0.15, -0.1) is 0 Å². The van der Waals surface area contributed by atoms with Gasteiger partial charge in [-0.3, -0.25) is 4.90 Å². The molecule has 5 heteroatoms. The van der Waals surface area contributed by atoms with Gasteiger partial charge in [-0.2, -0.15) is 0 Å². The third kappa shape index (κ3) is 4.52. The zero-order valence-electron chi connectivity index (χ0n) is 12.2. The van der Waals surface area contributed by atoms with Crippen LogP contribution in [0.3, 0.4) is 0 Å². The Morgan fingerprint density at radius 2 is 2.00 bits per heavy atom. The molecule has 1 aromatic carbocycles. The van der Waals surface area contributed by atoms with Crippen LogP contribution in [0.1, 0.15) is 12.5 Å². The summed E-state index contributed by atoms with van der Waals surface area (Å²) >= 11 is 3.46. The van der Waals surface area contributed by atoms with Crippen LogP contribution >= 0.6 is 15.9 Å². The van der Waals surface area contributed by atoms with Crippen molar-refractivity contribution >= 4 is 15.9 Å². The maximum absolute atomic E-state index is 13.2. The maximum atomic E-state index is 13.2. The second kappa shape index (κ2) is 7.50. The molecule has 0 amide bonds.